The highest BCUT2D eigenvalue weighted by Crippen LogP contribution is 2.37. The summed E-state index contributed by atoms with van der Waals surface area (Å²) in [5.41, 5.74) is 0.808. The smallest absolute Gasteiger partial charge is 0.270 e. The van der Waals surface area contributed by atoms with Crippen molar-refractivity contribution < 1.29 is 9.53 Å². The Hall–Kier alpha value is -2.34. The van der Waals surface area contributed by atoms with E-state index in [1.54, 1.807) is 23.3 Å². The lowest BCUT2D eigenvalue weighted by Crippen LogP contribution is -2.29. The first-order chi connectivity index (χ1) is 13.2. The van der Waals surface area contributed by atoms with E-state index in [0.29, 0.717) is 16.4 Å². The number of hydrogen-bond donors (Lipinski definition) is 0. The van der Waals surface area contributed by atoms with E-state index in [4.69, 9.17) is 16.3 Å². The highest BCUT2D eigenvalue weighted by atomic mass is 35.5. The van der Waals surface area contributed by atoms with Crippen molar-refractivity contribution in [3.05, 3.63) is 80.8 Å². The third-order valence-corrected chi connectivity index (χ3v) is 6.78. The highest BCUT2D eigenvalue weighted by molar-refractivity contribution is 7.21. The fraction of sp³-hybridized carbons (Fsp3) is 0.0952. The first-order valence-electron chi connectivity index (χ1n) is 8.32. The van der Waals surface area contributed by atoms with E-state index in [1.807, 2.05) is 66.0 Å². The van der Waals surface area contributed by atoms with E-state index < -0.39 is 0 Å². The summed E-state index contributed by atoms with van der Waals surface area (Å²) < 4.78 is 6.25. The minimum absolute atomic E-state index is 0.0974. The Morgan fingerprint density at radius 1 is 1.07 bits per heavy atom. The molecule has 6 heteroatoms. The number of thiophene rings is 2. The number of anilines is 1. The summed E-state index contributed by atoms with van der Waals surface area (Å²) in [6, 6.07) is 19.3. The summed E-state index contributed by atoms with van der Waals surface area (Å²) in [4.78, 5) is 16.9. The standard InChI is InChI=1S/C21H16ClNO2S2/c1-25-15-10-8-14(9-11-15)23(13-16-5-4-12-26-16)21(24)20-19(22)17-6-2-3-7-18(17)27-20/h2-12H,13H2,1H3. The zero-order chi connectivity index (χ0) is 18.8. The number of carbonyl (C=O) groups is 1. The molecule has 0 spiro atoms. The second kappa shape index (κ2) is 7.72. The number of rotatable bonds is 5. The Labute approximate surface area is 170 Å². The molecule has 2 aromatic heterocycles. The molecule has 0 saturated heterocycles. The van der Waals surface area contributed by atoms with Crippen molar-refractivity contribution in [2.75, 3.05) is 12.0 Å². The van der Waals surface area contributed by atoms with Crippen LogP contribution in [-0.2, 0) is 6.54 Å². The molecule has 1 amide bonds. The molecule has 3 nitrogen and oxygen atoms in total. The maximum Gasteiger partial charge on any atom is 0.270 e. The van der Waals surface area contributed by atoms with Crippen molar-refractivity contribution in [3.63, 3.8) is 0 Å². The van der Waals surface area contributed by atoms with Crippen LogP contribution in [0.3, 0.4) is 0 Å². The van der Waals surface area contributed by atoms with Crippen LogP contribution in [0.4, 0.5) is 5.69 Å². The van der Waals surface area contributed by atoms with Crippen molar-refractivity contribution in [2.24, 2.45) is 0 Å². The largest absolute Gasteiger partial charge is 0.497 e. The number of halogens is 1. The van der Waals surface area contributed by atoms with Crippen molar-refractivity contribution >= 4 is 56.0 Å². The van der Waals surface area contributed by atoms with Crippen molar-refractivity contribution in [1.82, 2.24) is 0 Å². The molecular formula is C21H16ClNO2S2. The van der Waals surface area contributed by atoms with Crippen LogP contribution < -0.4 is 9.64 Å². The van der Waals surface area contributed by atoms with Gasteiger partial charge in [-0.05, 0) is 41.8 Å². The molecule has 2 aromatic carbocycles. The van der Waals surface area contributed by atoms with Crippen molar-refractivity contribution in [2.45, 2.75) is 6.54 Å². The number of amides is 1. The van der Waals surface area contributed by atoms with Gasteiger partial charge in [0.05, 0.1) is 18.7 Å². The molecule has 0 saturated carbocycles. The summed E-state index contributed by atoms with van der Waals surface area (Å²) >= 11 is 9.62. The molecule has 0 unspecified atom stereocenters. The molecule has 0 fully saturated rings. The van der Waals surface area contributed by atoms with Gasteiger partial charge in [-0.25, -0.2) is 0 Å². The lowest BCUT2D eigenvalue weighted by atomic mass is 10.2. The summed E-state index contributed by atoms with van der Waals surface area (Å²) in [5.74, 6) is 0.655. The molecule has 0 radical (unpaired) electrons. The zero-order valence-corrected chi connectivity index (χ0v) is 16.9. The number of benzene rings is 2. The Kier molecular flexibility index (Phi) is 5.16. The van der Waals surface area contributed by atoms with Gasteiger partial charge in [0.2, 0.25) is 0 Å². The van der Waals surface area contributed by atoms with E-state index in [-0.39, 0.29) is 5.91 Å². The third-order valence-electron chi connectivity index (χ3n) is 4.25. The fourth-order valence-corrected chi connectivity index (χ4v) is 5.03. The molecule has 0 bridgehead atoms. The van der Waals surface area contributed by atoms with Gasteiger partial charge < -0.3 is 9.64 Å². The average molecular weight is 414 g/mol. The van der Waals surface area contributed by atoms with E-state index in [9.17, 15) is 4.79 Å². The number of ether oxygens (including phenoxy) is 1. The maximum absolute atomic E-state index is 13.4. The second-order valence-corrected chi connectivity index (χ2v) is 8.37. The predicted molar refractivity (Wildman–Crippen MR) is 115 cm³/mol. The van der Waals surface area contributed by atoms with E-state index in [0.717, 1.165) is 26.4 Å². The van der Waals surface area contributed by atoms with Gasteiger partial charge >= 0.3 is 0 Å². The Balaban J connectivity index is 1.76. The number of methoxy groups -OCH3 is 1. The van der Waals surface area contributed by atoms with Gasteiger partial charge in [0.1, 0.15) is 10.6 Å². The van der Waals surface area contributed by atoms with Crippen molar-refractivity contribution in [3.8, 4) is 5.75 Å². The van der Waals surface area contributed by atoms with Crippen LogP contribution in [0.15, 0.2) is 66.0 Å². The van der Waals surface area contributed by atoms with Gasteiger partial charge in [-0.1, -0.05) is 35.9 Å². The molecule has 4 rings (SSSR count). The SMILES string of the molecule is COc1ccc(N(Cc2cccs2)C(=O)c2sc3ccccc3c2Cl)cc1. The van der Waals surface area contributed by atoms with Crippen LogP contribution in [0.5, 0.6) is 5.75 Å². The topological polar surface area (TPSA) is 29.5 Å². The summed E-state index contributed by atoms with van der Waals surface area (Å²) in [6.45, 7) is 0.493. The monoisotopic (exact) mass is 413 g/mol. The molecule has 0 N–H and O–H groups in total. The fourth-order valence-electron chi connectivity index (χ4n) is 2.88. The van der Waals surface area contributed by atoms with Crippen LogP contribution >= 0.6 is 34.3 Å². The first kappa shape index (κ1) is 18.0. The lowest BCUT2D eigenvalue weighted by Gasteiger charge is -2.22. The van der Waals surface area contributed by atoms with E-state index in [1.165, 1.54) is 11.3 Å². The predicted octanol–water partition coefficient (Wildman–Crippen LogP) is 6.47. The van der Waals surface area contributed by atoms with Gasteiger partial charge in [0.25, 0.3) is 5.91 Å². The molecule has 136 valence electrons. The van der Waals surface area contributed by atoms with E-state index in [2.05, 4.69) is 0 Å². The van der Waals surface area contributed by atoms with Crippen LogP contribution in [0.1, 0.15) is 14.5 Å². The van der Waals surface area contributed by atoms with Gasteiger partial charge in [0, 0.05) is 20.7 Å². The molecule has 0 aliphatic heterocycles. The Morgan fingerprint density at radius 3 is 2.52 bits per heavy atom. The van der Waals surface area contributed by atoms with Crippen molar-refractivity contribution in [1.29, 1.82) is 0 Å². The Bertz CT molecular complexity index is 1070. The summed E-state index contributed by atoms with van der Waals surface area (Å²) in [5, 5.41) is 3.45. The number of nitrogens with zero attached hydrogens (tertiary/aromatic N) is 1. The molecular weight excluding hydrogens is 398 g/mol. The van der Waals surface area contributed by atoms with Crippen LogP contribution in [0.2, 0.25) is 5.02 Å². The summed E-state index contributed by atoms with van der Waals surface area (Å²) in [7, 11) is 1.63. The van der Waals surface area contributed by atoms with Gasteiger partial charge in [-0.15, -0.1) is 22.7 Å². The minimum atomic E-state index is -0.0974. The molecule has 0 aliphatic carbocycles. The minimum Gasteiger partial charge on any atom is -0.497 e. The van der Waals surface area contributed by atoms with Gasteiger partial charge in [-0.3, -0.25) is 4.79 Å². The molecule has 2 heterocycles. The number of hydrogen-bond acceptors (Lipinski definition) is 4. The average Bonchev–Trinajstić information content (AvgIpc) is 3.34. The Morgan fingerprint density at radius 2 is 1.85 bits per heavy atom. The van der Waals surface area contributed by atoms with Gasteiger partial charge in [0.15, 0.2) is 0 Å². The van der Waals surface area contributed by atoms with E-state index >= 15 is 0 Å². The zero-order valence-electron chi connectivity index (χ0n) is 14.5. The first-order valence-corrected chi connectivity index (χ1v) is 10.4. The number of carbonyl (C=O) groups excluding carboxylic acids is 1. The van der Waals surface area contributed by atoms with Crippen LogP contribution in [0.25, 0.3) is 10.1 Å². The van der Waals surface area contributed by atoms with Gasteiger partial charge in [-0.2, -0.15) is 0 Å². The third kappa shape index (κ3) is 3.58. The number of fused-ring (bicyclic) bond motifs is 1. The maximum atomic E-state index is 13.4. The molecule has 27 heavy (non-hydrogen) atoms. The molecule has 0 aliphatic rings. The molecule has 0 atom stereocenters. The van der Waals surface area contributed by atoms with Crippen LogP contribution in [-0.4, -0.2) is 13.0 Å². The summed E-state index contributed by atoms with van der Waals surface area (Å²) in [6.07, 6.45) is 0. The lowest BCUT2D eigenvalue weighted by molar-refractivity contribution is 0.0989. The highest BCUT2D eigenvalue weighted by Gasteiger charge is 2.24. The second-order valence-electron chi connectivity index (χ2n) is 5.91. The van der Waals surface area contributed by atoms with Crippen LogP contribution in [0, 0.1) is 0 Å². The molecule has 4 aromatic rings. The normalized spacial score (nSPS) is 10.9. The quantitative estimate of drug-likeness (QED) is 0.375.